The van der Waals surface area contributed by atoms with Gasteiger partial charge < -0.3 is 15.5 Å². The topological polar surface area (TPSA) is 47.6 Å². The number of carbonyl (C=O) groups excluding carboxylic acids is 1. The summed E-state index contributed by atoms with van der Waals surface area (Å²) >= 11 is 0. The van der Waals surface area contributed by atoms with E-state index in [9.17, 15) is 4.79 Å². The van der Waals surface area contributed by atoms with Crippen LogP contribution in [0, 0.1) is 11.8 Å². The van der Waals surface area contributed by atoms with E-state index in [1.165, 1.54) is 57.4 Å². The fourth-order valence-electron chi connectivity index (χ4n) is 5.69. The van der Waals surface area contributed by atoms with Gasteiger partial charge in [-0.05, 0) is 69.1 Å². The minimum atomic E-state index is 0.232. The molecule has 3 heterocycles. The molecule has 0 unspecified atom stereocenters. The second-order valence-corrected chi connectivity index (χ2v) is 9.70. The first-order valence-corrected chi connectivity index (χ1v) is 12.2. The summed E-state index contributed by atoms with van der Waals surface area (Å²) in [5.74, 6) is 1.74. The molecule has 3 fully saturated rings. The minimum Gasteiger partial charge on any atom is -0.355 e. The molecule has 1 aromatic carbocycles. The van der Waals surface area contributed by atoms with Crippen LogP contribution in [0.25, 0.3) is 0 Å². The quantitative estimate of drug-likeness (QED) is 0.655. The number of hydrogen-bond acceptors (Lipinski definition) is 4. The predicted molar refractivity (Wildman–Crippen MR) is 122 cm³/mol. The van der Waals surface area contributed by atoms with Gasteiger partial charge in [0.2, 0.25) is 5.91 Å². The van der Waals surface area contributed by atoms with Crippen LogP contribution in [0.4, 0.5) is 0 Å². The SMILES string of the molecule is O=C(CCC[C@H]1NC[C@@H]2C[C@H]1CN(Cc1ccccc1)C2)NCCN1CCCCC1. The summed E-state index contributed by atoms with van der Waals surface area (Å²) in [5.41, 5.74) is 1.42. The molecule has 3 aliphatic rings. The lowest BCUT2D eigenvalue weighted by Crippen LogP contribution is -2.55. The molecule has 0 aliphatic carbocycles. The van der Waals surface area contributed by atoms with Crippen LogP contribution in [-0.4, -0.2) is 67.6 Å². The molecule has 1 amide bonds. The van der Waals surface area contributed by atoms with Crippen LogP contribution in [0.3, 0.4) is 0 Å². The molecular formula is C25H40N4O. The summed E-state index contributed by atoms with van der Waals surface area (Å²) in [6.45, 7) is 8.82. The van der Waals surface area contributed by atoms with Gasteiger partial charge in [0, 0.05) is 45.2 Å². The fourth-order valence-corrected chi connectivity index (χ4v) is 5.69. The molecule has 0 aromatic heterocycles. The van der Waals surface area contributed by atoms with Crippen LogP contribution >= 0.6 is 0 Å². The molecular weight excluding hydrogens is 372 g/mol. The first-order valence-electron chi connectivity index (χ1n) is 12.2. The summed E-state index contributed by atoms with van der Waals surface area (Å²) in [7, 11) is 0. The van der Waals surface area contributed by atoms with Crippen molar-refractivity contribution in [1.29, 1.82) is 0 Å². The van der Waals surface area contributed by atoms with Gasteiger partial charge in [-0.15, -0.1) is 0 Å². The van der Waals surface area contributed by atoms with Crippen LogP contribution in [0.1, 0.15) is 50.5 Å². The van der Waals surface area contributed by atoms with Gasteiger partial charge >= 0.3 is 0 Å². The molecule has 2 N–H and O–H groups in total. The lowest BCUT2D eigenvalue weighted by Gasteiger charge is -2.46. The Morgan fingerprint density at radius 2 is 1.90 bits per heavy atom. The summed E-state index contributed by atoms with van der Waals surface area (Å²) in [4.78, 5) is 17.4. The zero-order chi connectivity index (χ0) is 20.6. The van der Waals surface area contributed by atoms with Crippen molar-refractivity contribution in [2.24, 2.45) is 11.8 Å². The molecule has 5 nitrogen and oxygen atoms in total. The molecule has 3 atom stereocenters. The molecule has 4 rings (SSSR count). The minimum absolute atomic E-state index is 0.232. The van der Waals surface area contributed by atoms with Crippen molar-refractivity contribution in [3.05, 3.63) is 35.9 Å². The smallest absolute Gasteiger partial charge is 0.220 e. The van der Waals surface area contributed by atoms with E-state index in [1.807, 2.05) is 0 Å². The summed E-state index contributed by atoms with van der Waals surface area (Å²) in [6.07, 6.45) is 8.13. The molecule has 166 valence electrons. The number of likely N-dealkylation sites (tertiary alicyclic amines) is 2. The maximum atomic E-state index is 12.2. The third-order valence-corrected chi connectivity index (χ3v) is 7.25. The standard InChI is InChI=1S/C25H40N4O/c30-25(26-12-15-28-13-5-2-6-14-28)11-7-10-24-23-16-22(17-27-24)19-29(20-23)18-21-8-3-1-4-9-21/h1,3-4,8-9,22-24,27H,2,5-7,10-20H2,(H,26,30)/t22-,23-,24+/m0/s1. The van der Waals surface area contributed by atoms with E-state index < -0.39 is 0 Å². The van der Waals surface area contributed by atoms with Gasteiger partial charge in [-0.2, -0.15) is 0 Å². The predicted octanol–water partition coefficient (Wildman–Crippen LogP) is 2.87. The first-order chi connectivity index (χ1) is 14.8. The highest BCUT2D eigenvalue weighted by molar-refractivity contribution is 5.75. The largest absolute Gasteiger partial charge is 0.355 e. The highest BCUT2D eigenvalue weighted by Crippen LogP contribution is 2.31. The van der Waals surface area contributed by atoms with Crippen LogP contribution in [0.2, 0.25) is 0 Å². The third-order valence-electron chi connectivity index (χ3n) is 7.25. The number of hydrogen-bond donors (Lipinski definition) is 2. The maximum Gasteiger partial charge on any atom is 0.220 e. The molecule has 30 heavy (non-hydrogen) atoms. The van der Waals surface area contributed by atoms with E-state index in [0.29, 0.717) is 12.5 Å². The van der Waals surface area contributed by atoms with Crippen molar-refractivity contribution in [2.45, 2.75) is 57.5 Å². The number of carbonyl (C=O) groups is 1. The second-order valence-electron chi connectivity index (χ2n) is 9.70. The van der Waals surface area contributed by atoms with Gasteiger partial charge in [-0.3, -0.25) is 9.69 Å². The lowest BCUT2D eigenvalue weighted by molar-refractivity contribution is -0.121. The van der Waals surface area contributed by atoms with Crippen LogP contribution < -0.4 is 10.6 Å². The average molecular weight is 413 g/mol. The van der Waals surface area contributed by atoms with Gasteiger partial charge in [-0.1, -0.05) is 36.8 Å². The Kier molecular flexibility index (Phi) is 8.18. The second kappa shape index (κ2) is 11.3. The number of rotatable bonds is 9. The van der Waals surface area contributed by atoms with Crippen molar-refractivity contribution < 1.29 is 4.79 Å². The van der Waals surface area contributed by atoms with E-state index in [0.717, 1.165) is 50.9 Å². The Morgan fingerprint density at radius 3 is 2.73 bits per heavy atom. The van der Waals surface area contributed by atoms with Gasteiger partial charge in [0.25, 0.3) is 0 Å². The summed E-state index contributed by atoms with van der Waals surface area (Å²) < 4.78 is 0. The normalized spacial score (nSPS) is 27.7. The monoisotopic (exact) mass is 412 g/mol. The van der Waals surface area contributed by atoms with E-state index in [4.69, 9.17) is 0 Å². The molecule has 3 aliphatic heterocycles. The maximum absolute atomic E-state index is 12.2. The van der Waals surface area contributed by atoms with Crippen molar-refractivity contribution in [1.82, 2.24) is 20.4 Å². The number of benzene rings is 1. The number of fused-ring (bicyclic) bond motifs is 2. The Balaban J connectivity index is 1.14. The molecule has 0 saturated carbocycles. The van der Waals surface area contributed by atoms with Gasteiger partial charge in [0.05, 0.1) is 0 Å². The number of nitrogens with zero attached hydrogens (tertiary/aromatic N) is 2. The fraction of sp³-hybridized carbons (Fsp3) is 0.720. The van der Waals surface area contributed by atoms with Gasteiger partial charge in [-0.25, -0.2) is 0 Å². The number of piperidine rings is 3. The number of nitrogens with one attached hydrogen (secondary N) is 2. The zero-order valence-electron chi connectivity index (χ0n) is 18.5. The van der Waals surface area contributed by atoms with Crippen molar-refractivity contribution >= 4 is 5.91 Å². The van der Waals surface area contributed by atoms with Crippen molar-refractivity contribution in [3.8, 4) is 0 Å². The average Bonchev–Trinajstić information content (AvgIpc) is 2.77. The third kappa shape index (κ3) is 6.53. The Labute approximate surface area is 182 Å². The van der Waals surface area contributed by atoms with E-state index in [2.05, 4.69) is 50.8 Å². The van der Waals surface area contributed by atoms with Crippen molar-refractivity contribution in [3.63, 3.8) is 0 Å². The lowest BCUT2D eigenvalue weighted by atomic mass is 9.79. The molecule has 0 radical (unpaired) electrons. The Hall–Kier alpha value is -1.43. The van der Waals surface area contributed by atoms with Crippen LogP contribution in [-0.2, 0) is 11.3 Å². The van der Waals surface area contributed by atoms with Crippen LogP contribution in [0.5, 0.6) is 0 Å². The van der Waals surface area contributed by atoms with Crippen LogP contribution in [0.15, 0.2) is 30.3 Å². The highest BCUT2D eigenvalue weighted by Gasteiger charge is 2.36. The molecule has 3 saturated heterocycles. The van der Waals surface area contributed by atoms with Crippen molar-refractivity contribution in [2.75, 3.05) is 45.8 Å². The zero-order valence-corrected chi connectivity index (χ0v) is 18.5. The number of amides is 1. The molecule has 2 bridgehead atoms. The molecule has 0 spiro atoms. The van der Waals surface area contributed by atoms with Gasteiger partial charge in [0.1, 0.15) is 0 Å². The summed E-state index contributed by atoms with van der Waals surface area (Å²) in [5, 5.41) is 6.94. The highest BCUT2D eigenvalue weighted by atomic mass is 16.1. The molecule has 5 heteroatoms. The Morgan fingerprint density at radius 1 is 1.07 bits per heavy atom. The molecule has 1 aromatic rings. The van der Waals surface area contributed by atoms with E-state index >= 15 is 0 Å². The first kappa shape index (κ1) is 21.8. The summed E-state index contributed by atoms with van der Waals surface area (Å²) in [6, 6.07) is 11.4. The van der Waals surface area contributed by atoms with E-state index in [-0.39, 0.29) is 5.91 Å². The van der Waals surface area contributed by atoms with Gasteiger partial charge in [0.15, 0.2) is 0 Å². The Bertz CT molecular complexity index is 646. The van der Waals surface area contributed by atoms with E-state index in [1.54, 1.807) is 0 Å².